The Morgan fingerprint density at radius 1 is 0.857 bits per heavy atom. The van der Waals surface area contributed by atoms with Crippen LogP contribution in [-0.4, -0.2) is 21.3 Å². The molecular formula is C16H18BrNO3. The standard InChI is InChI=1S/C16H18BrNO3/c1-19-14-7-5-12(17)9-13(14)18-10-11-4-6-15(20-2)16(8-11)21-3/h4-9,18H,10H2,1-3H3. The smallest absolute Gasteiger partial charge is 0.161 e. The molecule has 4 nitrogen and oxygen atoms in total. The maximum atomic E-state index is 5.34. The number of ether oxygens (including phenoxy) is 3. The van der Waals surface area contributed by atoms with Crippen LogP contribution in [-0.2, 0) is 6.54 Å². The molecule has 0 heterocycles. The second-order valence-corrected chi connectivity index (χ2v) is 5.30. The third-order valence-electron chi connectivity index (χ3n) is 3.09. The molecule has 0 bridgehead atoms. The van der Waals surface area contributed by atoms with Gasteiger partial charge in [0.25, 0.3) is 0 Å². The molecule has 5 heteroatoms. The molecule has 0 spiro atoms. The van der Waals surface area contributed by atoms with E-state index < -0.39 is 0 Å². The van der Waals surface area contributed by atoms with Gasteiger partial charge in [-0.3, -0.25) is 0 Å². The molecule has 0 radical (unpaired) electrons. The molecule has 0 aliphatic rings. The number of halogens is 1. The summed E-state index contributed by atoms with van der Waals surface area (Å²) in [7, 11) is 4.92. The molecule has 0 atom stereocenters. The molecule has 0 fully saturated rings. The first kappa shape index (κ1) is 15.5. The van der Waals surface area contributed by atoms with Crippen molar-refractivity contribution >= 4 is 21.6 Å². The highest BCUT2D eigenvalue weighted by Gasteiger charge is 2.06. The van der Waals surface area contributed by atoms with Crippen molar-refractivity contribution in [1.82, 2.24) is 0 Å². The molecule has 0 saturated carbocycles. The number of methoxy groups -OCH3 is 3. The van der Waals surface area contributed by atoms with Crippen molar-refractivity contribution in [2.75, 3.05) is 26.6 Å². The summed E-state index contributed by atoms with van der Waals surface area (Å²) < 4.78 is 16.9. The SMILES string of the molecule is COc1ccc(Br)cc1NCc1ccc(OC)c(OC)c1. The fourth-order valence-electron chi connectivity index (χ4n) is 2.01. The largest absolute Gasteiger partial charge is 0.495 e. The van der Waals surface area contributed by atoms with Gasteiger partial charge in [-0.1, -0.05) is 22.0 Å². The Labute approximate surface area is 133 Å². The van der Waals surface area contributed by atoms with Crippen LogP contribution in [0.5, 0.6) is 17.2 Å². The lowest BCUT2D eigenvalue weighted by molar-refractivity contribution is 0.354. The maximum Gasteiger partial charge on any atom is 0.161 e. The molecule has 2 aromatic rings. The van der Waals surface area contributed by atoms with E-state index in [4.69, 9.17) is 14.2 Å². The predicted molar refractivity (Wildman–Crippen MR) is 87.6 cm³/mol. The van der Waals surface area contributed by atoms with Crippen molar-refractivity contribution in [3.63, 3.8) is 0 Å². The summed E-state index contributed by atoms with van der Waals surface area (Å²) in [4.78, 5) is 0. The Balaban J connectivity index is 2.14. The molecule has 112 valence electrons. The van der Waals surface area contributed by atoms with Gasteiger partial charge < -0.3 is 19.5 Å². The molecule has 0 aliphatic heterocycles. The zero-order chi connectivity index (χ0) is 15.2. The molecule has 0 aliphatic carbocycles. The van der Waals surface area contributed by atoms with Crippen molar-refractivity contribution in [3.05, 3.63) is 46.4 Å². The van der Waals surface area contributed by atoms with Crippen LogP contribution in [0.2, 0.25) is 0 Å². The summed E-state index contributed by atoms with van der Waals surface area (Å²) in [5.41, 5.74) is 2.02. The first-order valence-corrected chi connectivity index (χ1v) is 7.25. The van der Waals surface area contributed by atoms with Crippen molar-refractivity contribution in [2.45, 2.75) is 6.54 Å². The summed E-state index contributed by atoms with van der Waals surface area (Å²) in [6.07, 6.45) is 0. The topological polar surface area (TPSA) is 39.7 Å². The maximum absolute atomic E-state index is 5.34. The zero-order valence-corrected chi connectivity index (χ0v) is 13.9. The first-order chi connectivity index (χ1) is 10.2. The summed E-state index contributed by atoms with van der Waals surface area (Å²) in [5, 5.41) is 3.36. The molecule has 2 rings (SSSR count). The van der Waals surface area contributed by atoms with E-state index in [0.29, 0.717) is 6.54 Å². The highest BCUT2D eigenvalue weighted by Crippen LogP contribution is 2.30. The number of hydrogen-bond donors (Lipinski definition) is 1. The molecule has 21 heavy (non-hydrogen) atoms. The van der Waals surface area contributed by atoms with E-state index in [0.717, 1.165) is 33.0 Å². The second-order valence-electron chi connectivity index (χ2n) is 4.39. The number of benzene rings is 2. The second kappa shape index (κ2) is 7.22. The quantitative estimate of drug-likeness (QED) is 0.850. The minimum absolute atomic E-state index is 0.660. The van der Waals surface area contributed by atoms with Gasteiger partial charge in [0.05, 0.1) is 27.0 Å². The summed E-state index contributed by atoms with van der Waals surface area (Å²) >= 11 is 3.46. The normalized spacial score (nSPS) is 10.1. The Morgan fingerprint density at radius 2 is 1.52 bits per heavy atom. The Bertz CT molecular complexity index is 616. The van der Waals surface area contributed by atoms with Crippen LogP contribution in [0.15, 0.2) is 40.9 Å². The van der Waals surface area contributed by atoms with E-state index in [9.17, 15) is 0 Å². The molecule has 2 aromatic carbocycles. The Hall–Kier alpha value is -1.88. The van der Waals surface area contributed by atoms with Gasteiger partial charge in [-0.25, -0.2) is 0 Å². The molecule has 0 saturated heterocycles. The lowest BCUT2D eigenvalue weighted by atomic mass is 10.2. The van der Waals surface area contributed by atoms with Crippen LogP contribution in [0.4, 0.5) is 5.69 Å². The van der Waals surface area contributed by atoms with Gasteiger partial charge in [0, 0.05) is 11.0 Å². The van der Waals surface area contributed by atoms with E-state index in [2.05, 4.69) is 21.2 Å². The Morgan fingerprint density at radius 3 is 2.19 bits per heavy atom. The minimum Gasteiger partial charge on any atom is -0.495 e. The highest BCUT2D eigenvalue weighted by molar-refractivity contribution is 9.10. The van der Waals surface area contributed by atoms with E-state index in [1.54, 1.807) is 21.3 Å². The van der Waals surface area contributed by atoms with E-state index in [1.165, 1.54) is 0 Å². The van der Waals surface area contributed by atoms with Gasteiger partial charge in [-0.15, -0.1) is 0 Å². The highest BCUT2D eigenvalue weighted by atomic mass is 79.9. The molecule has 0 aromatic heterocycles. The van der Waals surface area contributed by atoms with Gasteiger partial charge >= 0.3 is 0 Å². The van der Waals surface area contributed by atoms with Crippen LogP contribution < -0.4 is 19.5 Å². The van der Waals surface area contributed by atoms with Gasteiger partial charge in [0.15, 0.2) is 11.5 Å². The minimum atomic E-state index is 0.660. The lowest BCUT2D eigenvalue weighted by Crippen LogP contribution is -2.02. The first-order valence-electron chi connectivity index (χ1n) is 6.46. The van der Waals surface area contributed by atoms with Gasteiger partial charge in [0.2, 0.25) is 0 Å². The van der Waals surface area contributed by atoms with Crippen molar-refractivity contribution in [3.8, 4) is 17.2 Å². The van der Waals surface area contributed by atoms with Crippen LogP contribution in [0.3, 0.4) is 0 Å². The Kier molecular flexibility index (Phi) is 5.33. The van der Waals surface area contributed by atoms with Crippen LogP contribution in [0, 0.1) is 0 Å². The zero-order valence-electron chi connectivity index (χ0n) is 12.3. The van der Waals surface area contributed by atoms with Gasteiger partial charge in [0.1, 0.15) is 5.75 Å². The molecule has 0 amide bonds. The summed E-state index contributed by atoms with van der Waals surface area (Å²) in [6, 6.07) is 11.7. The van der Waals surface area contributed by atoms with Gasteiger partial charge in [-0.05, 0) is 35.9 Å². The van der Waals surface area contributed by atoms with Crippen molar-refractivity contribution in [2.24, 2.45) is 0 Å². The van der Waals surface area contributed by atoms with E-state index in [-0.39, 0.29) is 0 Å². The number of hydrogen-bond acceptors (Lipinski definition) is 4. The molecule has 1 N–H and O–H groups in total. The number of nitrogens with one attached hydrogen (secondary N) is 1. The summed E-state index contributed by atoms with van der Waals surface area (Å²) in [5.74, 6) is 2.25. The third kappa shape index (κ3) is 3.82. The van der Waals surface area contributed by atoms with Crippen LogP contribution in [0.25, 0.3) is 0 Å². The molecule has 0 unspecified atom stereocenters. The average Bonchev–Trinajstić information content (AvgIpc) is 2.52. The lowest BCUT2D eigenvalue weighted by Gasteiger charge is -2.13. The average molecular weight is 352 g/mol. The molecular weight excluding hydrogens is 334 g/mol. The third-order valence-corrected chi connectivity index (χ3v) is 3.59. The number of anilines is 1. The van der Waals surface area contributed by atoms with Crippen molar-refractivity contribution in [1.29, 1.82) is 0 Å². The summed E-state index contributed by atoms with van der Waals surface area (Å²) in [6.45, 7) is 0.660. The van der Waals surface area contributed by atoms with Crippen LogP contribution in [0.1, 0.15) is 5.56 Å². The van der Waals surface area contributed by atoms with Crippen molar-refractivity contribution < 1.29 is 14.2 Å². The monoisotopic (exact) mass is 351 g/mol. The fraction of sp³-hybridized carbons (Fsp3) is 0.250. The van der Waals surface area contributed by atoms with E-state index >= 15 is 0 Å². The van der Waals surface area contributed by atoms with Crippen LogP contribution >= 0.6 is 15.9 Å². The van der Waals surface area contributed by atoms with Gasteiger partial charge in [-0.2, -0.15) is 0 Å². The van der Waals surface area contributed by atoms with E-state index in [1.807, 2.05) is 36.4 Å². The number of rotatable bonds is 6. The predicted octanol–water partition coefficient (Wildman–Crippen LogP) is 4.09. The fourth-order valence-corrected chi connectivity index (χ4v) is 2.37.